The van der Waals surface area contributed by atoms with Crippen LogP contribution in [0.3, 0.4) is 0 Å². The summed E-state index contributed by atoms with van der Waals surface area (Å²) in [5.41, 5.74) is 0.764. The largest absolute Gasteiger partial charge is 0.445 e. The standard InChI is InChI=1S/C16H14BrF2NO3/c17-13-6-8-14(9-7-13)23-16(18,19)11-20-15(21)22-10-12-4-2-1-3-5-12/h1-9H,10-11H2,(H,20,21). The molecule has 23 heavy (non-hydrogen) atoms. The second-order valence-electron chi connectivity index (χ2n) is 4.61. The molecule has 122 valence electrons. The molecule has 0 spiro atoms. The van der Waals surface area contributed by atoms with Crippen LogP contribution in [0.15, 0.2) is 59.1 Å². The van der Waals surface area contributed by atoms with E-state index < -0.39 is 18.7 Å². The number of alkyl halides is 2. The molecule has 0 unspecified atom stereocenters. The van der Waals surface area contributed by atoms with Crippen LogP contribution in [0, 0.1) is 0 Å². The summed E-state index contributed by atoms with van der Waals surface area (Å²) in [6, 6.07) is 14.9. The van der Waals surface area contributed by atoms with Crippen LogP contribution < -0.4 is 10.1 Å². The molecule has 7 heteroatoms. The molecule has 1 N–H and O–H groups in total. The van der Waals surface area contributed by atoms with Crippen molar-refractivity contribution < 1.29 is 23.0 Å². The molecule has 2 rings (SSSR count). The first kappa shape index (κ1) is 17.2. The highest BCUT2D eigenvalue weighted by atomic mass is 79.9. The van der Waals surface area contributed by atoms with Crippen molar-refractivity contribution in [3.05, 3.63) is 64.6 Å². The molecule has 0 aliphatic rings. The average Bonchev–Trinajstić information content (AvgIpc) is 2.54. The highest BCUT2D eigenvalue weighted by Crippen LogP contribution is 2.23. The van der Waals surface area contributed by atoms with Crippen molar-refractivity contribution in [1.29, 1.82) is 0 Å². The number of rotatable bonds is 6. The Balaban J connectivity index is 1.76. The van der Waals surface area contributed by atoms with Gasteiger partial charge in [-0.1, -0.05) is 46.3 Å². The van der Waals surface area contributed by atoms with Gasteiger partial charge in [-0.2, -0.15) is 8.78 Å². The Morgan fingerprint density at radius 2 is 1.74 bits per heavy atom. The number of hydrogen-bond acceptors (Lipinski definition) is 3. The molecule has 0 atom stereocenters. The van der Waals surface area contributed by atoms with Crippen LogP contribution in [0.5, 0.6) is 5.75 Å². The van der Waals surface area contributed by atoms with Gasteiger partial charge in [0.2, 0.25) is 0 Å². The lowest BCUT2D eigenvalue weighted by Crippen LogP contribution is -2.40. The zero-order valence-electron chi connectivity index (χ0n) is 12.0. The summed E-state index contributed by atoms with van der Waals surface area (Å²) in [6.07, 6.45) is -4.48. The van der Waals surface area contributed by atoms with Gasteiger partial charge in [0.15, 0.2) is 0 Å². The van der Waals surface area contributed by atoms with Gasteiger partial charge in [-0.15, -0.1) is 0 Å². The summed E-state index contributed by atoms with van der Waals surface area (Å²) in [4.78, 5) is 11.4. The number of carbonyl (C=O) groups is 1. The first-order valence-corrected chi connectivity index (χ1v) is 7.51. The summed E-state index contributed by atoms with van der Waals surface area (Å²) >= 11 is 3.19. The third kappa shape index (κ3) is 6.23. The third-order valence-corrected chi connectivity index (χ3v) is 3.26. The molecule has 0 heterocycles. The molecular formula is C16H14BrF2NO3. The first-order valence-electron chi connectivity index (χ1n) is 6.71. The van der Waals surface area contributed by atoms with Crippen LogP contribution in [0.25, 0.3) is 0 Å². The fourth-order valence-corrected chi connectivity index (χ4v) is 1.92. The maximum Gasteiger partial charge on any atom is 0.415 e. The maximum absolute atomic E-state index is 13.6. The van der Waals surface area contributed by atoms with Crippen LogP contribution in [-0.4, -0.2) is 18.7 Å². The normalized spacial score (nSPS) is 10.9. The van der Waals surface area contributed by atoms with Crippen LogP contribution in [0.2, 0.25) is 0 Å². The molecule has 0 saturated carbocycles. The third-order valence-electron chi connectivity index (χ3n) is 2.73. The predicted octanol–water partition coefficient (Wildman–Crippen LogP) is 4.35. The first-order chi connectivity index (χ1) is 10.9. The van der Waals surface area contributed by atoms with Crippen LogP contribution in [0.1, 0.15) is 5.56 Å². The zero-order valence-corrected chi connectivity index (χ0v) is 13.6. The summed E-state index contributed by atoms with van der Waals surface area (Å²) in [7, 11) is 0. The lowest BCUT2D eigenvalue weighted by atomic mass is 10.2. The number of amides is 1. The summed E-state index contributed by atoms with van der Waals surface area (Å²) in [5.74, 6) is -0.00217. The molecule has 2 aromatic carbocycles. The molecule has 1 amide bonds. The number of ether oxygens (including phenoxy) is 2. The van der Waals surface area contributed by atoms with E-state index >= 15 is 0 Å². The molecule has 0 saturated heterocycles. The monoisotopic (exact) mass is 385 g/mol. The van der Waals surface area contributed by atoms with Crippen molar-refractivity contribution in [2.24, 2.45) is 0 Å². The van der Waals surface area contributed by atoms with Gasteiger partial charge < -0.3 is 14.8 Å². The van der Waals surface area contributed by atoms with Gasteiger partial charge in [-0.3, -0.25) is 0 Å². The zero-order chi connectivity index (χ0) is 16.7. The SMILES string of the molecule is O=C(NCC(F)(F)Oc1ccc(Br)cc1)OCc1ccccc1. The van der Waals surface area contributed by atoms with Crippen LogP contribution in [0.4, 0.5) is 13.6 Å². The topological polar surface area (TPSA) is 47.6 Å². The minimum Gasteiger partial charge on any atom is -0.445 e. The van der Waals surface area contributed by atoms with E-state index in [9.17, 15) is 13.6 Å². The fraction of sp³-hybridized carbons (Fsp3) is 0.188. The number of halogens is 3. The number of carbonyl (C=O) groups excluding carboxylic acids is 1. The molecular weight excluding hydrogens is 372 g/mol. The van der Waals surface area contributed by atoms with E-state index in [4.69, 9.17) is 4.74 Å². The minimum atomic E-state index is -3.54. The number of hydrogen-bond donors (Lipinski definition) is 1. The van der Waals surface area contributed by atoms with Gasteiger partial charge in [0.25, 0.3) is 0 Å². The quantitative estimate of drug-likeness (QED) is 0.803. The Kier molecular flexibility index (Phi) is 5.92. The van der Waals surface area contributed by atoms with Crippen molar-refractivity contribution >= 4 is 22.0 Å². The Labute approximate surface area is 140 Å². The van der Waals surface area contributed by atoms with Gasteiger partial charge >= 0.3 is 12.2 Å². The van der Waals surface area contributed by atoms with Gasteiger partial charge in [0, 0.05) is 4.47 Å². The molecule has 0 radical (unpaired) electrons. The summed E-state index contributed by atoms with van der Waals surface area (Å²) in [6.45, 7) is -0.984. The second-order valence-corrected chi connectivity index (χ2v) is 5.52. The molecule has 0 fully saturated rings. The predicted molar refractivity (Wildman–Crippen MR) is 84.3 cm³/mol. The minimum absolute atomic E-state index is 0.00217. The Bertz CT molecular complexity index is 636. The van der Waals surface area contributed by atoms with E-state index in [0.29, 0.717) is 0 Å². The summed E-state index contributed by atoms with van der Waals surface area (Å²) in [5, 5.41) is 1.98. The van der Waals surface area contributed by atoms with E-state index in [2.05, 4.69) is 20.7 Å². The Morgan fingerprint density at radius 1 is 1.09 bits per heavy atom. The molecule has 2 aromatic rings. The van der Waals surface area contributed by atoms with E-state index in [-0.39, 0.29) is 12.4 Å². The van der Waals surface area contributed by atoms with Crippen molar-refractivity contribution in [3.8, 4) is 5.75 Å². The van der Waals surface area contributed by atoms with Crippen molar-refractivity contribution in [2.75, 3.05) is 6.54 Å². The van der Waals surface area contributed by atoms with Crippen molar-refractivity contribution in [3.63, 3.8) is 0 Å². The van der Waals surface area contributed by atoms with Crippen molar-refractivity contribution in [1.82, 2.24) is 5.32 Å². The van der Waals surface area contributed by atoms with Crippen molar-refractivity contribution in [2.45, 2.75) is 12.7 Å². The number of alkyl carbamates (subject to hydrolysis) is 1. The Hall–Kier alpha value is -2.15. The van der Waals surface area contributed by atoms with Gasteiger partial charge in [-0.05, 0) is 29.8 Å². The molecule has 4 nitrogen and oxygen atoms in total. The Morgan fingerprint density at radius 3 is 2.39 bits per heavy atom. The lowest BCUT2D eigenvalue weighted by molar-refractivity contribution is -0.170. The van der Waals surface area contributed by atoms with Gasteiger partial charge in [-0.25, -0.2) is 4.79 Å². The smallest absolute Gasteiger partial charge is 0.415 e. The number of nitrogens with one attached hydrogen (secondary N) is 1. The highest BCUT2D eigenvalue weighted by molar-refractivity contribution is 9.10. The van der Waals surface area contributed by atoms with Crippen LogP contribution in [-0.2, 0) is 11.3 Å². The van der Waals surface area contributed by atoms with Gasteiger partial charge in [0.1, 0.15) is 18.9 Å². The van der Waals surface area contributed by atoms with E-state index in [1.165, 1.54) is 12.1 Å². The van der Waals surface area contributed by atoms with E-state index in [0.717, 1.165) is 10.0 Å². The molecule has 0 bridgehead atoms. The lowest BCUT2D eigenvalue weighted by Gasteiger charge is -2.18. The highest BCUT2D eigenvalue weighted by Gasteiger charge is 2.32. The van der Waals surface area contributed by atoms with E-state index in [1.807, 2.05) is 11.4 Å². The second kappa shape index (κ2) is 7.92. The van der Waals surface area contributed by atoms with Crippen LogP contribution >= 0.6 is 15.9 Å². The summed E-state index contributed by atoms with van der Waals surface area (Å²) < 4.78 is 37.4. The maximum atomic E-state index is 13.6. The molecule has 0 aliphatic carbocycles. The molecule has 0 aliphatic heterocycles. The van der Waals surface area contributed by atoms with E-state index in [1.54, 1.807) is 36.4 Å². The fourth-order valence-electron chi connectivity index (χ4n) is 1.66. The number of benzene rings is 2. The van der Waals surface area contributed by atoms with Gasteiger partial charge in [0.05, 0.1) is 0 Å². The average molecular weight is 386 g/mol. The molecule has 0 aromatic heterocycles.